The molecule has 1 saturated heterocycles. The molecule has 1 aromatic heterocycles. The lowest BCUT2D eigenvalue weighted by Crippen LogP contribution is -2.29. The molecule has 2 heterocycles. The van der Waals surface area contributed by atoms with Gasteiger partial charge in [0, 0.05) is 5.56 Å². The lowest BCUT2D eigenvalue weighted by Gasteiger charge is -2.23. The summed E-state index contributed by atoms with van der Waals surface area (Å²) >= 11 is 13.8. The van der Waals surface area contributed by atoms with E-state index in [0.717, 1.165) is 23.1 Å². The molecule has 6 nitrogen and oxygen atoms in total. The number of carbonyl (C=O) groups is 2. The van der Waals surface area contributed by atoms with E-state index in [2.05, 4.69) is 11.9 Å². The molecular formula is C29H24Cl2N2O4S. The summed E-state index contributed by atoms with van der Waals surface area (Å²) in [6, 6.07) is 16.6. The minimum absolute atomic E-state index is 0.0606. The number of anilines is 1. The molecule has 0 saturated carbocycles. The molecule has 0 aliphatic carbocycles. The normalized spacial score (nSPS) is 16.9. The molecule has 38 heavy (non-hydrogen) atoms. The van der Waals surface area contributed by atoms with Gasteiger partial charge in [0.1, 0.15) is 11.5 Å². The molecule has 1 unspecified atom stereocenters. The Balaban J connectivity index is 1.67. The van der Waals surface area contributed by atoms with Crippen LogP contribution in [0.25, 0.3) is 16.0 Å². The highest BCUT2D eigenvalue weighted by atomic mass is 35.5. The van der Waals surface area contributed by atoms with E-state index in [9.17, 15) is 14.7 Å². The zero-order chi connectivity index (χ0) is 27.0. The Bertz CT molecular complexity index is 1600. The summed E-state index contributed by atoms with van der Waals surface area (Å²) in [5, 5.41) is 12.4. The molecule has 1 aliphatic heterocycles. The van der Waals surface area contributed by atoms with E-state index in [1.54, 1.807) is 42.5 Å². The predicted octanol–water partition coefficient (Wildman–Crippen LogP) is 7.72. The summed E-state index contributed by atoms with van der Waals surface area (Å²) in [5.74, 6) is -1.34. The third-order valence-electron chi connectivity index (χ3n) is 6.32. The highest BCUT2D eigenvalue weighted by Crippen LogP contribution is 2.45. The standard InChI is InChI=1S/C29H24Cl2N2O4S/c1-3-4-12-37-19-7-5-6-18(14-19)26(34)24-25(17-9-10-20(30)21(31)15-17)33(28(36)27(24)35)29-32-22-11-8-16(2)13-23(22)38-29/h5-11,13-15,25,34H,3-4,12H2,1-2H3. The average Bonchev–Trinajstić information content (AvgIpc) is 3.43. The number of fused-ring (bicyclic) bond motifs is 1. The van der Waals surface area contributed by atoms with Crippen LogP contribution in [0, 0.1) is 6.92 Å². The molecule has 5 rings (SSSR count). The molecule has 3 aromatic carbocycles. The van der Waals surface area contributed by atoms with Crippen LogP contribution in [0.3, 0.4) is 0 Å². The average molecular weight is 567 g/mol. The minimum atomic E-state index is -0.962. The summed E-state index contributed by atoms with van der Waals surface area (Å²) in [6.45, 7) is 4.58. The lowest BCUT2D eigenvalue weighted by molar-refractivity contribution is -0.132. The molecule has 1 atom stereocenters. The monoisotopic (exact) mass is 566 g/mol. The molecule has 1 N–H and O–H groups in total. The molecule has 0 spiro atoms. The van der Waals surface area contributed by atoms with Gasteiger partial charge < -0.3 is 9.84 Å². The van der Waals surface area contributed by atoms with Gasteiger partial charge in [0.15, 0.2) is 5.13 Å². The first-order valence-corrected chi connectivity index (χ1v) is 13.7. The summed E-state index contributed by atoms with van der Waals surface area (Å²) in [7, 11) is 0. The Morgan fingerprint density at radius 1 is 1.08 bits per heavy atom. The van der Waals surface area contributed by atoms with Gasteiger partial charge in [-0.05, 0) is 60.9 Å². The molecule has 1 aliphatic rings. The van der Waals surface area contributed by atoms with E-state index in [0.29, 0.717) is 39.2 Å². The van der Waals surface area contributed by atoms with Crippen LogP contribution >= 0.6 is 34.5 Å². The first-order valence-electron chi connectivity index (χ1n) is 12.1. The van der Waals surface area contributed by atoms with Gasteiger partial charge in [-0.15, -0.1) is 0 Å². The van der Waals surface area contributed by atoms with Crippen molar-refractivity contribution in [3.8, 4) is 5.75 Å². The van der Waals surface area contributed by atoms with Crippen molar-refractivity contribution in [2.45, 2.75) is 32.7 Å². The lowest BCUT2D eigenvalue weighted by atomic mass is 9.95. The zero-order valence-corrected chi connectivity index (χ0v) is 23.0. The van der Waals surface area contributed by atoms with Crippen LogP contribution in [0.15, 0.2) is 66.2 Å². The van der Waals surface area contributed by atoms with Crippen molar-refractivity contribution >= 4 is 67.3 Å². The number of Topliss-reactive ketones (excluding diaryl/α,β-unsaturated/α-hetero) is 1. The van der Waals surface area contributed by atoms with Crippen molar-refractivity contribution in [2.75, 3.05) is 11.5 Å². The maximum atomic E-state index is 13.5. The molecule has 0 bridgehead atoms. The summed E-state index contributed by atoms with van der Waals surface area (Å²) in [5.41, 5.74) is 2.58. The van der Waals surface area contributed by atoms with Crippen LogP contribution in [-0.4, -0.2) is 28.4 Å². The molecule has 9 heteroatoms. The number of rotatable bonds is 7. The summed E-state index contributed by atoms with van der Waals surface area (Å²) in [6.07, 6.45) is 1.87. The fourth-order valence-electron chi connectivity index (χ4n) is 4.37. The number of amides is 1. The Morgan fingerprint density at radius 2 is 1.89 bits per heavy atom. The van der Waals surface area contributed by atoms with Crippen LogP contribution in [0.4, 0.5) is 5.13 Å². The van der Waals surface area contributed by atoms with E-state index < -0.39 is 17.7 Å². The largest absolute Gasteiger partial charge is 0.507 e. The Hall–Kier alpha value is -3.39. The van der Waals surface area contributed by atoms with Crippen molar-refractivity contribution in [3.63, 3.8) is 0 Å². The van der Waals surface area contributed by atoms with Gasteiger partial charge in [-0.2, -0.15) is 0 Å². The summed E-state index contributed by atoms with van der Waals surface area (Å²) in [4.78, 5) is 32.9. The highest BCUT2D eigenvalue weighted by Gasteiger charge is 2.48. The number of aromatic nitrogens is 1. The van der Waals surface area contributed by atoms with Crippen molar-refractivity contribution in [2.24, 2.45) is 0 Å². The molecule has 0 radical (unpaired) electrons. The highest BCUT2D eigenvalue weighted by molar-refractivity contribution is 7.22. The number of aliphatic hydroxyl groups excluding tert-OH is 1. The summed E-state index contributed by atoms with van der Waals surface area (Å²) < 4.78 is 6.67. The molecule has 1 amide bonds. The van der Waals surface area contributed by atoms with Gasteiger partial charge in [-0.3, -0.25) is 14.5 Å². The van der Waals surface area contributed by atoms with Crippen LogP contribution in [0.1, 0.15) is 42.5 Å². The molecular weight excluding hydrogens is 543 g/mol. The van der Waals surface area contributed by atoms with Gasteiger partial charge in [0.2, 0.25) is 0 Å². The number of unbranched alkanes of at least 4 members (excludes halogenated alkanes) is 1. The number of aliphatic hydroxyl groups is 1. The smallest absolute Gasteiger partial charge is 0.301 e. The van der Waals surface area contributed by atoms with Crippen LogP contribution in [0.2, 0.25) is 10.0 Å². The van der Waals surface area contributed by atoms with E-state index >= 15 is 0 Å². The minimum Gasteiger partial charge on any atom is -0.507 e. The first-order chi connectivity index (χ1) is 18.3. The topological polar surface area (TPSA) is 79.7 Å². The Labute approximate surface area is 234 Å². The number of benzene rings is 3. The quantitative estimate of drug-likeness (QED) is 0.107. The SMILES string of the molecule is CCCCOc1cccc(C(O)=C2C(=O)C(=O)N(c3nc4ccc(C)cc4s3)C2c2ccc(Cl)c(Cl)c2)c1. The van der Waals surface area contributed by atoms with E-state index in [1.807, 2.05) is 25.1 Å². The van der Waals surface area contributed by atoms with E-state index in [4.69, 9.17) is 27.9 Å². The van der Waals surface area contributed by atoms with Gasteiger partial charge in [-0.1, -0.05) is 72.1 Å². The van der Waals surface area contributed by atoms with Gasteiger partial charge in [-0.25, -0.2) is 4.98 Å². The van der Waals surface area contributed by atoms with Crippen molar-refractivity contribution < 1.29 is 19.4 Å². The number of nitrogens with zero attached hydrogens (tertiary/aromatic N) is 2. The number of ketones is 1. The molecule has 1 fully saturated rings. The third-order valence-corrected chi connectivity index (χ3v) is 8.07. The Morgan fingerprint density at radius 3 is 2.66 bits per heavy atom. The first kappa shape index (κ1) is 26.2. The zero-order valence-electron chi connectivity index (χ0n) is 20.7. The number of aryl methyl sites for hydroxylation is 1. The third kappa shape index (κ3) is 4.89. The number of hydrogen-bond donors (Lipinski definition) is 1. The maximum Gasteiger partial charge on any atom is 0.301 e. The second kappa shape index (κ2) is 10.8. The molecule has 4 aromatic rings. The number of hydrogen-bond acceptors (Lipinski definition) is 6. The Kier molecular flexibility index (Phi) is 7.43. The van der Waals surface area contributed by atoms with E-state index in [1.165, 1.54) is 16.2 Å². The fourth-order valence-corrected chi connectivity index (χ4v) is 5.77. The van der Waals surface area contributed by atoms with Gasteiger partial charge >= 0.3 is 5.91 Å². The molecule has 194 valence electrons. The second-order valence-electron chi connectivity index (χ2n) is 9.04. The van der Waals surface area contributed by atoms with E-state index in [-0.39, 0.29) is 16.4 Å². The second-order valence-corrected chi connectivity index (χ2v) is 10.9. The van der Waals surface area contributed by atoms with Crippen molar-refractivity contribution in [1.29, 1.82) is 0 Å². The maximum absolute atomic E-state index is 13.5. The predicted molar refractivity (Wildman–Crippen MR) is 152 cm³/mol. The van der Waals surface area contributed by atoms with Gasteiger partial charge in [0.25, 0.3) is 5.78 Å². The number of thiazole rings is 1. The number of ether oxygens (including phenoxy) is 1. The van der Waals surface area contributed by atoms with Crippen molar-refractivity contribution in [3.05, 3.63) is 93.0 Å². The van der Waals surface area contributed by atoms with Crippen LogP contribution < -0.4 is 9.64 Å². The number of carbonyl (C=O) groups excluding carboxylic acids is 2. The van der Waals surface area contributed by atoms with Crippen LogP contribution in [-0.2, 0) is 9.59 Å². The fraction of sp³-hybridized carbons (Fsp3) is 0.207. The van der Waals surface area contributed by atoms with Gasteiger partial charge in [0.05, 0.1) is 38.5 Å². The van der Waals surface area contributed by atoms with Crippen LogP contribution in [0.5, 0.6) is 5.75 Å². The number of halogens is 2. The van der Waals surface area contributed by atoms with Crippen molar-refractivity contribution in [1.82, 2.24) is 4.98 Å².